The number of allylic oxidation sites excluding steroid dienone is 1. The van der Waals surface area contributed by atoms with E-state index in [2.05, 4.69) is 10.3 Å². The first kappa shape index (κ1) is 16.3. The van der Waals surface area contributed by atoms with E-state index in [9.17, 15) is 4.79 Å². The van der Waals surface area contributed by atoms with Crippen molar-refractivity contribution in [3.05, 3.63) is 59.1 Å². The predicted octanol–water partition coefficient (Wildman–Crippen LogP) is 3.36. The quantitative estimate of drug-likeness (QED) is 0.875. The largest absolute Gasteiger partial charge is 0.447 e. The van der Waals surface area contributed by atoms with Gasteiger partial charge in [-0.05, 0) is 37.6 Å². The van der Waals surface area contributed by atoms with Gasteiger partial charge in [-0.25, -0.2) is 4.99 Å². The van der Waals surface area contributed by atoms with E-state index in [1.807, 2.05) is 49.4 Å². The zero-order chi connectivity index (χ0) is 16.9. The summed E-state index contributed by atoms with van der Waals surface area (Å²) in [5, 5.41) is 3.70. The lowest BCUT2D eigenvalue weighted by Gasteiger charge is -2.16. The van der Waals surface area contributed by atoms with Crippen molar-refractivity contribution in [2.75, 3.05) is 0 Å². The first-order chi connectivity index (χ1) is 11.6. The maximum Gasteiger partial charge on any atom is 0.231 e. The smallest absolute Gasteiger partial charge is 0.231 e. The minimum atomic E-state index is -0.377. The van der Waals surface area contributed by atoms with Crippen LogP contribution in [0.5, 0.6) is 10.8 Å². The molecule has 0 bridgehead atoms. The standard InChI is InChI=1S/C18H19N3O2S/c1-12-4-6-13(7-5-12)23-16-9-8-14(24-16)11-21-18(22)15-3-2-10-20-17(15)19/h2,4-10,15H,3,11H2,1H3,(H2,19,20)(H,21,22). The monoisotopic (exact) mass is 341 g/mol. The molecule has 0 spiro atoms. The first-order valence-corrected chi connectivity index (χ1v) is 8.52. The minimum absolute atomic E-state index is 0.102. The highest BCUT2D eigenvalue weighted by Crippen LogP contribution is 2.29. The Bertz CT molecular complexity index is 778. The summed E-state index contributed by atoms with van der Waals surface area (Å²) >= 11 is 1.51. The van der Waals surface area contributed by atoms with Gasteiger partial charge in [0.25, 0.3) is 0 Å². The number of aliphatic imine (C=N–C) groups is 1. The van der Waals surface area contributed by atoms with Gasteiger partial charge in [0.1, 0.15) is 11.6 Å². The Morgan fingerprint density at radius 2 is 2.12 bits per heavy atom. The lowest BCUT2D eigenvalue weighted by molar-refractivity contribution is -0.123. The van der Waals surface area contributed by atoms with Gasteiger partial charge in [-0.2, -0.15) is 0 Å². The number of nitrogens with two attached hydrogens (primary N) is 1. The zero-order valence-corrected chi connectivity index (χ0v) is 14.2. The summed E-state index contributed by atoms with van der Waals surface area (Å²) in [7, 11) is 0. The lowest BCUT2D eigenvalue weighted by Crippen LogP contribution is -2.38. The van der Waals surface area contributed by atoms with Gasteiger partial charge in [0.15, 0.2) is 5.06 Å². The van der Waals surface area contributed by atoms with Gasteiger partial charge in [0.2, 0.25) is 5.91 Å². The van der Waals surface area contributed by atoms with Crippen molar-refractivity contribution >= 4 is 23.1 Å². The first-order valence-electron chi connectivity index (χ1n) is 7.71. The fourth-order valence-electron chi connectivity index (χ4n) is 2.32. The molecule has 3 N–H and O–H groups in total. The lowest BCUT2D eigenvalue weighted by atomic mass is 10.0. The molecule has 0 saturated carbocycles. The van der Waals surface area contributed by atoms with E-state index < -0.39 is 0 Å². The van der Waals surface area contributed by atoms with Crippen LogP contribution < -0.4 is 15.8 Å². The molecule has 1 aliphatic rings. The number of hydrogen-bond acceptors (Lipinski definition) is 5. The Morgan fingerprint density at radius 1 is 1.33 bits per heavy atom. The molecule has 24 heavy (non-hydrogen) atoms. The highest BCUT2D eigenvalue weighted by atomic mass is 32.1. The van der Waals surface area contributed by atoms with Gasteiger partial charge in [-0.3, -0.25) is 4.79 Å². The molecule has 1 unspecified atom stereocenters. The molecule has 2 aromatic rings. The SMILES string of the molecule is Cc1ccc(Oc2ccc(CNC(=O)C3CC=CN=C3N)s2)cc1. The van der Waals surface area contributed by atoms with Crippen molar-refractivity contribution in [2.24, 2.45) is 16.6 Å². The Kier molecular flexibility index (Phi) is 4.96. The molecule has 3 rings (SSSR count). The van der Waals surface area contributed by atoms with Crippen LogP contribution in [-0.2, 0) is 11.3 Å². The Morgan fingerprint density at radius 3 is 2.88 bits per heavy atom. The number of amidine groups is 1. The highest BCUT2D eigenvalue weighted by molar-refractivity contribution is 7.13. The van der Waals surface area contributed by atoms with Gasteiger partial charge >= 0.3 is 0 Å². The number of carbonyl (C=O) groups is 1. The average Bonchev–Trinajstić information content (AvgIpc) is 3.03. The normalized spacial score (nSPS) is 16.5. The van der Waals surface area contributed by atoms with E-state index in [0.29, 0.717) is 18.8 Å². The highest BCUT2D eigenvalue weighted by Gasteiger charge is 2.22. The number of hydrogen-bond donors (Lipinski definition) is 2. The molecule has 1 atom stereocenters. The number of amides is 1. The van der Waals surface area contributed by atoms with Gasteiger partial charge in [0, 0.05) is 11.1 Å². The summed E-state index contributed by atoms with van der Waals surface area (Å²) in [4.78, 5) is 17.2. The summed E-state index contributed by atoms with van der Waals surface area (Å²) in [6.45, 7) is 2.49. The second-order valence-corrected chi connectivity index (χ2v) is 6.71. The van der Waals surface area contributed by atoms with Crippen molar-refractivity contribution < 1.29 is 9.53 Å². The molecule has 0 fully saturated rings. The molecule has 1 aliphatic heterocycles. The molecule has 0 saturated heterocycles. The van der Waals surface area contributed by atoms with Crippen LogP contribution in [0.25, 0.3) is 0 Å². The fourth-order valence-corrected chi connectivity index (χ4v) is 3.13. The van der Waals surface area contributed by atoms with Crippen LogP contribution in [0.2, 0.25) is 0 Å². The number of aryl methyl sites for hydroxylation is 1. The maximum absolute atomic E-state index is 12.2. The molecule has 0 radical (unpaired) electrons. The summed E-state index contributed by atoms with van der Waals surface area (Å²) in [5.74, 6) is 0.689. The summed E-state index contributed by atoms with van der Waals surface area (Å²) in [6.07, 6.45) is 4.07. The third kappa shape index (κ3) is 4.02. The fraction of sp³-hybridized carbons (Fsp3) is 0.222. The minimum Gasteiger partial charge on any atom is -0.447 e. The van der Waals surface area contributed by atoms with Crippen molar-refractivity contribution in [3.8, 4) is 10.8 Å². The number of carbonyl (C=O) groups excluding carboxylic acids is 1. The van der Waals surface area contributed by atoms with Gasteiger partial charge in [-0.15, -0.1) is 11.3 Å². The van der Waals surface area contributed by atoms with E-state index in [1.165, 1.54) is 16.9 Å². The van der Waals surface area contributed by atoms with Gasteiger partial charge in [0.05, 0.1) is 12.5 Å². The molecule has 6 heteroatoms. The van der Waals surface area contributed by atoms with Gasteiger partial charge in [-0.1, -0.05) is 23.8 Å². The van der Waals surface area contributed by atoms with E-state index in [0.717, 1.165) is 15.7 Å². The molecule has 1 aromatic heterocycles. The molecule has 124 valence electrons. The van der Waals surface area contributed by atoms with Crippen LogP contribution in [-0.4, -0.2) is 11.7 Å². The molecule has 2 heterocycles. The van der Waals surface area contributed by atoms with Crippen molar-refractivity contribution in [3.63, 3.8) is 0 Å². The predicted molar refractivity (Wildman–Crippen MR) is 96.3 cm³/mol. The van der Waals surface area contributed by atoms with E-state index in [-0.39, 0.29) is 11.8 Å². The Balaban J connectivity index is 1.54. The maximum atomic E-state index is 12.2. The molecular formula is C18H19N3O2S. The van der Waals surface area contributed by atoms with Crippen LogP contribution in [0.1, 0.15) is 16.9 Å². The third-order valence-corrected chi connectivity index (χ3v) is 4.65. The average molecular weight is 341 g/mol. The molecule has 1 amide bonds. The van der Waals surface area contributed by atoms with Gasteiger partial charge < -0.3 is 15.8 Å². The number of benzene rings is 1. The Hall–Kier alpha value is -2.60. The van der Waals surface area contributed by atoms with E-state index in [4.69, 9.17) is 10.5 Å². The van der Waals surface area contributed by atoms with E-state index >= 15 is 0 Å². The number of rotatable bonds is 5. The number of ether oxygens (including phenoxy) is 1. The summed E-state index contributed by atoms with van der Waals surface area (Å²) in [6, 6.07) is 11.8. The summed E-state index contributed by atoms with van der Waals surface area (Å²) in [5.41, 5.74) is 6.96. The Labute approximate surface area is 144 Å². The van der Waals surface area contributed by atoms with Crippen LogP contribution in [0.4, 0.5) is 0 Å². The number of nitrogens with one attached hydrogen (secondary N) is 1. The van der Waals surface area contributed by atoms with Crippen LogP contribution in [0.15, 0.2) is 53.7 Å². The number of thiophene rings is 1. The summed E-state index contributed by atoms with van der Waals surface area (Å²) < 4.78 is 5.81. The third-order valence-electron chi connectivity index (χ3n) is 3.69. The molecule has 1 aromatic carbocycles. The number of nitrogens with zero attached hydrogens (tertiary/aromatic N) is 1. The van der Waals surface area contributed by atoms with Crippen molar-refractivity contribution in [2.45, 2.75) is 19.9 Å². The second kappa shape index (κ2) is 7.31. The van der Waals surface area contributed by atoms with Crippen LogP contribution in [0, 0.1) is 12.8 Å². The van der Waals surface area contributed by atoms with E-state index in [1.54, 1.807) is 6.20 Å². The molecular weight excluding hydrogens is 322 g/mol. The molecule has 0 aliphatic carbocycles. The van der Waals surface area contributed by atoms with Crippen molar-refractivity contribution in [1.82, 2.24) is 5.32 Å². The van der Waals surface area contributed by atoms with Crippen LogP contribution in [0.3, 0.4) is 0 Å². The topological polar surface area (TPSA) is 76.7 Å². The second-order valence-electron chi connectivity index (χ2n) is 5.58. The van der Waals surface area contributed by atoms with Crippen molar-refractivity contribution in [1.29, 1.82) is 0 Å². The molecule has 5 nitrogen and oxygen atoms in total. The van der Waals surface area contributed by atoms with Crippen LogP contribution >= 0.6 is 11.3 Å². The zero-order valence-electron chi connectivity index (χ0n) is 13.4.